The second-order valence-corrected chi connectivity index (χ2v) is 6.56. The van der Waals surface area contributed by atoms with Crippen LogP contribution >= 0.6 is 22.7 Å². The largest absolute Gasteiger partial charge is 0.290 e. The van der Waals surface area contributed by atoms with Crippen LogP contribution in [0.5, 0.6) is 0 Å². The van der Waals surface area contributed by atoms with Crippen LogP contribution in [0, 0.1) is 18.3 Å². The molecule has 0 amide bonds. The van der Waals surface area contributed by atoms with Gasteiger partial charge in [0.2, 0.25) is 5.78 Å². The van der Waals surface area contributed by atoms with Crippen molar-refractivity contribution in [2.75, 3.05) is 0 Å². The molecule has 0 spiro atoms. The molecule has 3 aromatic rings. The summed E-state index contributed by atoms with van der Waals surface area (Å²) in [5.74, 6) is -1.29. The number of ketones is 1. The number of rotatable bonds is 5. The van der Waals surface area contributed by atoms with Gasteiger partial charge >= 0.3 is 0 Å². The second kappa shape index (κ2) is 6.17. The van der Waals surface area contributed by atoms with Gasteiger partial charge in [0, 0.05) is 16.0 Å². The lowest BCUT2D eigenvalue weighted by Crippen LogP contribution is -2.11. The number of hydrogen-bond donors (Lipinski definition) is 0. The van der Waals surface area contributed by atoms with Crippen LogP contribution < -0.4 is 0 Å². The van der Waals surface area contributed by atoms with Crippen molar-refractivity contribution < 1.29 is 4.79 Å². The number of Topliss-reactive ketones (excluding diaryl/α,β-unsaturated/α-hetero) is 1. The number of thiophene rings is 1. The lowest BCUT2D eigenvalue weighted by Gasteiger charge is -2.01. The summed E-state index contributed by atoms with van der Waals surface area (Å²) >= 11 is 2.92. The van der Waals surface area contributed by atoms with E-state index in [-0.39, 0.29) is 11.5 Å². The molecule has 1 unspecified atom stereocenters. The van der Waals surface area contributed by atoms with Crippen LogP contribution in [0.15, 0.2) is 29.1 Å². The third-order valence-corrected chi connectivity index (χ3v) is 4.85. The first kappa shape index (κ1) is 14.6. The van der Waals surface area contributed by atoms with Crippen LogP contribution in [-0.4, -0.2) is 25.8 Å². The van der Waals surface area contributed by atoms with Crippen molar-refractivity contribution in [1.29, 1.82) is 5.26 Å². The Morgan fingerprint density at radius 3 is 3.00 bits per heavy atom. The van der Waals surface area contributed by atoms with E-state index in [2.05, 4.69) is 15.3 Å². The second-order valence-electron chi connectivity index (χ2n) is 4.63. The summed E-state index contributed by atoms with van der Waals surface area (Å²) in [6.45, 7) is 2.39. The minimum Gasteiger partial charge on any atom is -0.290 e. The first-order valence-electron chi connectivity index (χ1n) is 6.45. The number of nitrogens with zero attached hydrogens (tertiary/aromatic N) is 5. The average molecular weight is 329 g/mol. The molecule has 6 nitrogen and oxygen atoms in total. The molecule has 0 radical (unpaired) electrons. The quantitative estimate of drug-likeness (QED) is 0.672. The average Bonchev–Trinajstić information content (AvgIpc) is 3.23. The highest BCUT2D eigenvalue weighted by Crippen LogP contribution is 2.23. The van der Waals surface area contributed by atoms with E-state index in [9.17, 15) is 10.1 Å². The summed E-state index contributed by atoms with van der Waals surface area (Å²) in [7, 11) is 0. The molecular weight excluding hydrogens is 318 g/mol. The van der Waals surface area contributed by atoms with Gasteiger partial charge in [-0.05, 0) is 18.4 Å². The third kappa shape index (κ3) is 2.95. The molecule has 0 aliphatic rings. The Balaban J connectivity index is 1.80. The number of carbonyl (C=O) groups excluding carboxylic acids is 1. The molecule has 1 atom stereocenters. The van der Waals surface area contributed by atoms with Gasteiger partial charge in [-0.1, -0.05) is 11.3 Å². The molecular formula is C14H11N5OS2. The fraction of sp³-hybridized carbons (Fsp3) is 0.214. The van der Waals surface area contributed by atoms with E-state index in [0.29, 0.717) is 11.6 Å². The van der Waals surface area contributed by atoms with E-state index < -0.39 is 5.92 Å². The number of aromatic nitrogens is 4. The van der Waals surface area contributed by atoms with Crippen LogP contribution in [0.3, 0.4) is 0 Å². The molecule has 8 heteroatoms. The first-order chi connectivity index (χ1) is 10.7. The Morgan fingerprint density at radius 2 is 2.36 bits per heavy atom. The van der Waals surface area contributed by atoms with E-state index in [1.54, 1.807) is 22.2 Å². The maximum atomic E-state index is 12.4. The van der Waals surface area contributed by atoms with Crippen molar-refractivity contribution in [3.63, 3.8) is 0 Å². The standard InChI is InChI=1S/C14H11N5OS2/c1-9-8-22-14(16-9)11(5-15)13(20)12-7-19(18-17-12)6-10-3-2-4-21-10/h2-4,7-8,11H,6H2,1H3. The van der Waals surface area contributed by atoms with Crippen LogP contribution in [0.25, 0.3) is 0 Å². The molecule has 110 valence electrons. The maximum absolute atomic E-state index is 12.4. The predicted molar refractivity (Wildman–Crippen MR) is 83.0 cm³/mol. The summed E-state index contributed by atoms with van der Waals surface area (Å²) in [5.41, 5.74) is 0.991. The van der Waals surface area contributed by atoms with Crippen molar-refractivity contribution >= 4 is 28.5 Å². The number of nitriles is 1. The Kier molecular flexibility index (Phi) is 4.09. The van der Waals surface area contributed by atoms with Gasteiger partial charge < -0.3 is 0 Å². The zero-order valence-electron chi connectivity index (χ0n) is 11.6. The molecule has 0 fully saturated rings. The fourth-order valence-corrected chi connectivity index (χ4v) is 3.46. The van der Waals surface area contributed by atoms with Gasteiger partial charge in [0.15, 0.2) is 11.6 Å². The molecule has 0 bridgehead atoms. The van der Waals surface area contributed by atoms with Crippen LogP contribution in [-0.2, 0) is 6.54 Å². The van der Waals surface area contributed by atoms with Crippen molar-refractivity contribution in [3.05, 3.63) is 50.4 Å². The molecule has 0 N–H and O–H groups in total. The van der Waals surface area contributed by atoms with Crippen molar-refractivity contribution in [1.82, 2.24) is 20.0 Å². The molecule has 22 heavy (non-hydrogen) atoms. The highest BCUT2D eigenvalue weighted by Gasteiger charge is 2.27. The van der Waals surface area contributed by atoms with Crippen molar-refractivity contribution in [3.8, 4) is 6.07 Å². The topological polar surface area (TPSA) is 84.5 Å². The van der Waals surface area contributed by atoms with Gasteiger partial charge in [-0.25, -0.2) is 9.67 Å². The van der Waals surface area contributed by atoms with Crippen LogP contribution in [0.1, 0.15) is 32.0 Å². The van der Waals surface area contributed by atoms with Gasteiger partial charge in [-0.15, -0.1) is 27.8 Å². The Morgan fingerprint density at radius 1 is 1.50 bits per heavy atom. The van der Waals surface area contributed by atoms with Gasteiger partial charge in [0.1, 0.15) is 5.01 Å². The third-order valence-electron chi connectivity index (χ3n) is 2.96. The van der Waals surface area contributed by atoms with Gasteiger partial charge in [0.25, 0.3) is 0 Å². The molecule has 3 heterocycles. The van der Waals surface area contributed by atoms with E-state index in [0.717, 1.165) is 10.6 Å². The summed E-state index contributed by atoms with van der Waals surface area (Å²) < 4.78 is 1.60. The summed E-state index contributed by atoms with van der Waals surface area (Å²) in [6, 6.07) is 5.96. The van der Waals surface area contributed by atoms with Crippen molar-refractivity contribution in [2.24, 2.45) is 0 Å². The SMILES string of the molecule is Cc1csc(C(C#N)C(=O)c2cn(Cc3cccs3)nn2)n1. The van der Waals surface area contributed by atoms with Crippen molar-refractivity contribution in [2.45, 2.75) is 19.4 Å². The molecule has 0 saturated carbocycles. The van der Waals surface area contributed by atoms with Crippen LogP contribution in [0.2, 0.25) is 0 Å². The number of carbonyl (C=O) groups is 1. The van der Waals surface area contributed by atoms with Gasteiger partial charge in [-0.2, -0.15) is 5.26 Å². The fourth-order valence-electron chi connectivity index (χ4n) is 1.93. The number of hydrogen-bond acceptors (Lipinski definition) is 7. The lowest BCUT2D eigenvalue weighted by atomic mass is 10.0. The number of aryl methyl sites for hydroxylation is 1. The minimum absolute atomic E-state index is 0.191. The predicted octanol–water partition coefficient (Wildman–Crippen LogP) is 2.64. The summed E-state index contributed by atoms with van der Waals surface area (Å²) in [6.07, 6.45) is 1.58. The Bertz CT molecular complexity index is 828. The van der Waals surface area contributed by atoms with Gasteiger partial charge in [0.05, 0.1) is 18.8 Å². The molecule has 0 aromatic carbocycles. The monoisotopic (exact) mass is 329 g/mol. The zero-order valence-corrected chi connectivity index (χ0v) is 13.3. The number of thiazole rings is 1. The highest BCUT2D eigenvalue weighted by atomic mass is 32.1. The Hall–Kier alpha value is -2.37. The first-order valence-corrected chi connectivity index (χ1v) is 8.21. The smallest absolute Gasteiger partial charge is 0.208 e. The molecule has 0 saturated heterocycles. The zero-order chi connectivity index (χ0) is 15.5. The van der Waals surface area contributed by atoms with E-state index in [1.807, 2.05) is 35.9 Å². The highest BCUT2D eigenvalue weighted by molar-refractivity contribution is 7.10. The van der Waals surface area contributed by atoms with E-state index in [1.165, 1.54) is 11.3 Å². The molecule has 3 aromatic heterocycles. The van der Waals surface area contributed by atoms with Crippen LogP contribution in [0.4, 0.5) is 0 Å². The van der Waals surface area contributed by atoms with Gasteiger partial charge in [-0.3, -0.25) is 4.79 Å². The maximum Gasteiger partial charge on any atom is 0.208 e. The summed E-state index contributed by atoms with van der Waals surface area (Å²) in [5, 5.41) is 21.4. The summed E-state index contributed by atoms with van der Waals surface area (Å²) in [4.78, 5) is 17.8. The molecule has 3 rings (SSSR count). The molecule has 0 aliphatic heterocycles. The lowest BCUT2D eigenvalue weighted by molar-refractivity contribution is 0.0974. The molecule has 0 aliphatic carbocycles. The van der Waals surface area contributed by atoms with E-state index in [4.69, 9.17) is 0 Å². The normalized spacial score (nSPS) is 12.0. The minimum atomic E-state index is -0.925. The van der Waals surface area contributed by atoms with E-state index >= 15 is 0 Å². The Labute approximate surface area is 134 Å².